The van der Waals surface area contributed by atoms with Crippen molar-refractivity contribution in [3.8, 4) is 0 Å². The van der Waals surface area contributed by atoms with Gasteiger partial charge in [-0.05, 0) is 13.0 Å². The second-order valence-corrected chi connectivity index (χ2v) is 2.96. The van der Waals surface area contributed by atoms with Gasteiger partial charge >= 0.3 is 11.7 Å². The molecule has 1 aromatic carbocycles. The minimum absolute atomic E-state index is 0.193. The van der Waals surface area contributed by atoms with Crippen molar-refractivity contribution < 1.29 is 9.53 Å². The van der Waals surface area contributed by atoms with E-state index in [2.05, 4.69) is 11.6 Å². The van der Waals surface area contributed by atoms with E-state index in [-0.39, 0.29) is 17.4 Å². The van der Waals surface area contributed by atoms with E-state index in [1.807, 2.05) is 0 Å². The van der Waals surface area contributed by atoms with Crippen LogP contribution in [0.5, 0.6) is 0 Å². The lowest BCUT2D eigenvalue weighted by Crippen LogP contribution is -2.12. The average molecular weight is 203 g/mol. The topological polar surface area (TPSA) is 54.5 Å². The van der Waals surface area contributed by atoms with Crippen molar-refractivity contribution in [2.75, 3.05) is 0 Å². The highest BCUT2D eigenvalue weighted by molar-refractivity contribution is 5.95. The van der Waals surface area contributed by atoms with Crippen LogP contribution in [0.2, 0.25) is 0 Å². The van der Waals surface area contributed by atoms with Crippen LogP contribution >= 0.6 is 0 Å². The predicted molar refractivity (Wildman–Crippen MR) is 56.3 cm³/mol. The first kappa shape index (κ1) is 10.9. The second-order valence-electron chi connectivity index (χ2n) is 2.96. The fourth-order valence-electron chi connectivity index (χ4n) is 1.01. The summed E-state index contributed by atoms with van der Waals surface area (Å²) in [6.07, 6.45) is 1.14. The molecule has 0 spiro atoms. The third-order valence-electron chi connectivity index (χ3n) is 1.86. The zero-order chi connectivity index (χ0) is 11.3. The van der Waals surface area contributed by atoms with Gasteiger partial charge in [0.15, 0.2) is 10.5 Å². The second kappa shape index (κ2) is 4.91. The number of carbonyl (C=O) groups is 1. The van der Waals surface area contributed by atoms with Crippen LogP contribution in [0.1, 0.15) is 17.3 Å². The summed E-state index contributed by atoms with van der Waals surface area (Å²) in [6.45, 7) is 5.20. The number of esters is 1. The first-order valence-electron chi connectivity index (χ1n) is 4.46. The van der Waals surface area contributed by atoms with Crippen molar-refractivity contribution in [3.05, 3.63) is 47.5 Å². The van der Waals surface area contributed by atoms with Crippen molar-refractivity contribution in [2.24, 2.45) is 0 Å². The lowest BCUT2D eigenvalue weighted by molar-refractivity contribution is 0.0426. The van der Waals surface area contributed by atoms with Crippen LogP contribution in [0.15, 0.2) is 36.9 Å². The summed E-state index contributed by atoms with van der Waals surface area (Å²) in [4.78, 5) is 14.6. The number of rotatable bonds is 3. The molecular formula is C11H11N2O2+. The normalized spacial score (nSPS) is 11.2. The van der Waals surface area contributed by atoms with Gasteiger partial charge in [0.2, 0.25) is 5.39 Å². The molecule has 0 aromatic heterocycles. The molecule has 0 aliphatic carbocycles. The predicted octanol–water partition coefficient (Wildman–Crippen LogP) is 2.90. The number of hydrogen-bond donors (Lipinski definition) is 0. The maximum absolute atomic E-state index is 11.6. The highest BCUT2D eigenvalue weighted by Crippen LogP contribution is 2.19. The first-order valence-corrected chi connectivity index (χ1v) is 4.46. The number of ether oxygens (including phenoxy) is 1. The van der Waals surface area contributed by atoms with Gasteiger partial charge in [-0.15, -0.1) is 0 Å². The average Bonchev–Trinajstić information content (AvgIpc) is 2.28. The van der Waals surface area contributed by atoms with Crippen LogP contribution in [0.4, 0.5) is 5.69 Å². The Morgan fingerprint density at radius 3 is 2.87 bits per heavy atom. The molecule has 1 atom stereocenters. The quantitative estimate of drug-likeness (QED) is 0.431. The maximum Gasteiger partial charge on any atom is 0.399 e. The van der Waals surface area contributed by atoms with Gasteiger partial charge in [0.25, 0.3) is 0 Å². The van der Waals surface area contributed by atoms with Crippen LogP contribution in [-0.2, 0) is 4.74 Å². The van der Waals surface area contributed by atoms with E-state index in [1.165, 1.54) is 18.2 Å². The summed E-state index contributed by atoms with van der Waals surface area (Å²) in [7, 11) is 0. The Hall–Kier alpha value is -2.15. The zero-order valence-electron chi connectivity index (χ0n) is 8.38. The van der Waals surface area contributed by atoms with Crippen LogP contribution < -0.4 is 0 Å². The Kier molecular flexibility index (Phi) is 3.58. The van der Waals surface area contributed by atoms with Gasteiger partial charge in [0.05, 0.1) is 0 Å². The van der Waals surface area contributed by atoms with E-state index < -0.39 is 5.97 Å². The van der Waals surface area contributed by atoms with Gasteiger partial charge in [-0.1, -0.05) is 24.8 Å². The molecule has 0 saturated carbocycles. The van der Waals surface area contributed by atoms with E-state index >= 15 is 0 Å². The Morgan fingerprint density at radius 1 is 1.60 bits per heavy atom. The number of carbonyl (C=O) groups excluding carboxylic acids is 1. The molecule has 0 amide bonds. The van der Waals surface area contributed by atoms with Gasteiger partial charge in [-0.25, -0.2) is 4.79 Å². The molecule has 0 aliphatic heterocycles. The summed E-state index contributed by atoms with van der Waals surface area (Å²) < 4.78 is 5.00. The fourth-order valence-corrected chi connectivity index (χ4v) is 1.01. The number of hydrogen-bond acceptors (Lipinski definition) is 3. The van der Waals surface area contributed by atoms with Gasteiger partial charge in [-0.2, -0.15) is 0 Å². The number of nitrogens with zero attached hydrogens (tertiary/aromatic N) is 2. The molecule has 4 heteroatoms. The molecule has 76 valence electrons. The minimum atomic E-state index is -0.532. The van der Waals surface area contributed by atoms with E-state index in [9.17, 15) is 4.79 Å². The standard InChI is InChI=1S/C11H11N2O2/c1-3-8(2)15-11(14)9-6-4-5-7-10(9)13-12/h3-8H,1H2,2H3/q+1. The van der Waals surface area contributed by atoms with E-state index in [4.69, 9.17) is 10.1 Å². The molecular weight excluding hydrogens is 192 g/mol. The van der Waals surface area contributed by atoms with E-state index in [0.717, 1.165) is 0 Å². The SMILES string of the molecule is C=CC(C)OC(=O)c1ccccc1[N+]#N. The van der Waals surface area contributed by atoms with Crippen molar-refractivity contribution >= 4 is 11.7 Å². The van der Waals surface area contributed by atoms with E-state index in [1.54, 1.807) is 19.1 Å². The molecule has 1 unspecified atom stereocenters. The summed E-state index contributed by atoms with van der Waals surface area (Å²) in [6, 6.07) is 6.40. The van der Waals surface area contributed by atoms with Gasteiger partial charge in [0, 0.05) is 6.07 Å². The largest absolute Gasteiger partial charge is 0.455 e. The molecule has 0 saturated heterocycles. The Morgan fingerprint density at radius 2 is 2.27 bits per heavy atom. The summed E-state index contributed by atoms with van der Waals surface area (Å²) >= 11 is 0. The van der Waals surface area contributed by atoms with Gasteiger partial charge in [0.1, 0.15) is 6.10 Å². The monoisotopic (exact) mass is 203 g/mol. The molecule has 0 fully saturated rings. The molecule has 1 rings (SSSR count). The Bertz CT molecular complexity index is 421. The molecule has 4 nitrogen and oxygen atoms in total. The molecule has 0 aliphatic rings. The van der Waals surface area contributed by atoms with Gasteiger partial charge < -0.3 is 4.74 Å². The third kappa shape index (κ3) is 2.64. The highest BCUT2D eigenvalue weighted by Gasteiger charge is 2.21. The van der Waals surface area contributed by atoms with Crippen LogP contribution in [0, 0.1) is 5.39 Å². The first-order chi connectivity index (χ1) is 7.19. The van der Waals surface area contributed by atoms with Gasteiger partial charge in [-0.3, -0.25) is 0 Å². The van der Waals surface area contributed by atoms with Crippen molar-refractivity contribution in [2.45, 2.75) is 13.0 Å². The molecule has 0 bridgehead atoms. The van der Waals surface area contributed by atoms with Crippen LogP contribution in [0.25, 0.3) is 4.98 Å². The van der Waals surface area contributed by atoms with Crippen LogP contribution in [-0.4, -0.2) is 12.1 Å². The third-order valence-corrected chi connectivity index (χ3v) is 1.86. The molecule has 0 heterocycles. The Labute approximate surface area is 87.8 Å². The fraction of sp³-hybridized carbons (Fsp3) is 0.182. The Balaban J connectivity index is 2.92. The van der Waals surface area contributed by atoms with Crippen molar-refractivity contribution in [3.63, 3.8) is 0 Å². The van der Waals surface area contributed by atoms with Crippen molar-refractivity contribution in [1.29, 1.82) is 5.39 Å². The molecule has 0 radical (unpaired) electrons. The van der Waals surface area contributed by atoms with Crippen molar-refractivity contribution in [1.82, 2.24) is 0 Å². The van der Waals surface area contributed by atoms with E-state index in [0.29, 0.717) is 0 Å². The highest BCUT2D eigenvalue weighted by atomic mass is 16.5. The minimum Gasteiger partial charge on any atom is -0.455 e. The zero-order valence-corrected chi connectivity index (χ0v) is 8.38. The number of diazo groups is 1. The molecule has 1 aromatic rings. The molecule has 15 heavy (non-hydrogen) atoms. The summed E-state index contributed by atoms with van der Waals surface area (Å²) in [5.74, 6) is -0.532. The molecule has 0 N–H and O–H groups in total. The number of benzene rings is 1. The lowest BCUT2D eigenvalue weighted by Gasteiger charge is -2.06. The van der Waals surface area contributed by atoms with Crippen LogP contribution in [0.3, 0.4) is 0 Å². The smallest absolute Gasteiger partial charge is 0.399 e. The summed E-state index contributed by atoms with van der Waals surface area (Å²) in [5, 5.41) is 8.66. The lowest BCUT2D eigenvalue weighted by atomic mass is 10.2. The maximum atomic E-state index is 11.6. The summed E-state index contributed by atoms with van der Waals surface area (Å²) in [5.41, 5.74) is 0.424.